The molecule has 0 unspecified atom stereocenters. The molecule has 0 spiro atoms. The Hall–Kier alpha value is -3.20. The molecular weight excluding hydrogens is 423 g/mol. The number of fused-ring (bicyclic) bond motifs is 2. The lowest BCUT2D eigenvalue weighted by atomic mass is 10.1. The average molecular weight is 443 g/mol. The fourth-order valence-electron chi connectivity index (χ4n) is 4.42. The zero-order valence-electron chi connectivity index (χ0n) is 16.5. The summed E-state index contributed by atoms with van der Waals surface area (Å²) >= 11 is 5.81. The number of benzene rings is 1. The van der Waals surface area contributed by atoms with E-state index in [1.807, 2.05) is 0 Å². The van der Waals surface area contributed by atoms with Gasteiger partial charge in [0.25, 0.3) is 0 Å². The van der Waals surface area contributed by atoms with Gasteiger partial charge in [0.2, 0.25) is 11.8 Å². The summed E-state index contributed by atoms with van der Waals surface area (Å²) in [6.07, 6.45) is 2.96. The van der Waals surface area contributed by atoms with Crippen molar-refractivity contribution in [1.29, 1.82) is 0 Å². The highest BCUT2D eigenvalue weighted by Crippen LogP contribution is 2.48. The second kappa shape index (κ2) is 7.49. The van der Waals surface area contributed by atoms with E-state index in [1.54, 1.807) is 33.7 Å². The first-order valence-electron chi connectivity index (χ1n) is 10.0. The molecule has 3 N–H and O–H groups in total. The Morgan fingerprint density at radius 1 is 1.26 bits per heavy atom. The van der Waals surface area contributed by atoms with Gasteiger partial charge in [0.1, 0.15) is 23.7 Å². The minimum atomic E-state index is -0.565. The van der Waals surface area contributed by atoms with Gasteiger partial charge in [-0.25, -0.2) is 13.9 Å². The fourth-order valence-corrected chi connectivity index (χ4v) is 4.62. The molecule has 1 aliphatic heterocycles. The summed E-state index contributed by atoms with van der Waals surface area (Å²) in [5.41, 5.74) is 7.48. The van der Waals surface area contributed by atoms with E-state index in [0.717, 1.165) is 6.42 Å². The van der Waals surface area contributed by atoms with Gasteiger partial charge >= 0.3 is 0 Å². The third-order valence-electron chi connectivity index (χ3n) is 6.07. The molecule has 2 aliphatic rings. The average Bonchev–Trinajstić information content (AvgIpc) is 3.21. The maximum atomic E-state index is 14.1. The Labute approximate surface area is 182 Å². The summed E-state index contributed by atoms with van der Waals surface area (Å²) in [6, 6.07) is 7.73. The molecule has 8 nitrogen and oxygen atoms in total. The van der Waals surface area contributed by atoms with Crippen molar-refractivity contribution in [2.75, 3.05) is 5.73 Å². The third kappa shape index (κ3) is 3.48. The van der Waals surface area contributed by atoms with Crippen molar-refractivity contribution in [3.8, 4) is 0 Å². The molecule has 10 heteroatoms. The summed E-state index contributed by atoms with van der Waals surface area (Å²) in [5.74, 6) is -0.303. The van der Waals surface area contributed by atoms with Gasteiger partial charge in [0, 0.05) is 18.2 Å². The van der Waals surface area contributed by atoms with Crippen LogP contribution in [0.5, 0.6) is 0 Å². The van der Waals surface area contributed by atoms with Crippen molar-refractivity contribution in [3.05, 3.63) is 58.8 Å². The smallest absolute Gasteiger partial charge is 0.243 e. The zero-order valence-corrected chi connectivity index (χ0v) is 17.2. The van der Waals surface area contributed by atoms with Crippen LogP contribution in [0.15, 0.2) is 36.7 Å². The molecule has 3 heterocycles. The summed E-state index contributed by atoms with van der Waals surface area (Å²) in [6.45, 7) is 0.0125. The first-order chi connectivity index (χ1) is 14.9. The van der Waals surface area contributed by atoms with Gasteiger partial charge in [-0.2, -0.15) is 5.10 Å². The molecule has 3 aromatic rings. The Morgan fingerprint density at radius 2 is 2.10 bits per heavy atom. The maximum absolute atomic E-state index is 14.1. The van der Waals surface area contributed by atoms with E-state index >= 15 is 0 Å². The Balaban J connectivity index is 1.30. The van der Waals surface area contributed by atoms with Gasteiger partial charge in [-0.15, -0.1) is 0 Å². The Kier molecular flexibility index (Phi) is 4.77. The van der Waals surface area contributed by atoms with Crippen LogP contribution in [-0.4, -0.2) is 43.4 Å². The minimum absolute atomic E-state index is 0.00883. The number of rotatable bonds is 5. The third-order valence-corrected chi connectivity index (χ3v) is 6.36. The summed E-state index contributed by atoms with van der Waals surface area (Å²) in [5, 5.41) is 6.94. The Morgan fingerprint density at radius 3 is 2.94 bits per heavy atom. The van der Waals surface area contributed by atoms with Crippen LogP contribution in [0.2, 0.25) is 5.02 Å². The lowest BCUT2D eigenvalue weighted by Crippen LogP contribution is -2.48. The van der Waals surface area contributed by atoms with Gasteiger partial charge in [-0.05, 0) is 37.0 Å². The predicted molar refractivity (Wildman–Crippen MR) is 112 cm³/mol. The maximum Gasteiger partial charge on any atom is 0.243 e. The lowest BCUT2D eigenvalue weighted by molar-refractivity contribution is -0.139. The molecule has 5 rings (SSSR count). The number of amides is 2. The molecule has 2 fully saturated rings. The number of nitrogens with zero attached hydrogens (tertiary/aromatic N) is 4. The van der Waals surface area contributed by atoms with Crippen molar-refractivity contribution in [3.63, 3.8) is 0 Å². The highest BCUT2D eigenvalue weighted by Gasteiger charge is 2.55. The van der Waals surface area contributed by atoms with Crippen LogP contribution >= 0.6 is 11.6 Å². The van der Waals surface area contributed by atoms with Crippen molar-refractivity contribution < 1.29 is 14.0 Å². The molecule has 1 saturated carbocycles. The van der Waals surface area contributed by atoms with Gasteiger partial charge in [0.15, 0.2) is 5.82 Å². The number of nitrogens with one attached hydrogen (secondary N) is 1. The van der Waals surface area contributed by atoms with Crippen LogP contribution in [-0.2, 0) is 22.6 Å². The van der Waals surface area contributed by atoms with E-state index in [0.29, 0.717) is 34.9 Å². The van der Waals surface area contributed by atoms with Gasteiger partial charge in [-0.3, -0.25) is 9.59 Å². The highest BCUT2D eigenvalue weighted by atomic mass is 35.5. The number of halogens is 2. The molecule has 1 aliphatic carbocycles. The number of likely N-dealkylation sites (tertiary alicyclic amines) is 1. The minimum Gasteiger partial charge on any atom is -0.382 e. The second-order valence-corrected chi connectivity index (χ2v) is 8.40. The van der Waals surface area contributed by atoms with Crippen LogP contribution in [0.4, 0.5) is 10.2 Å². The van der Waals surface area contributed by atoms with E-state index in [9.17, 15) is 14.0 Å². The molecular formula is C21H20ClFN6O2. The number of hydrogen-bond donors (Lipinski definition) is 2. The molecule has 0 bridgehead atoms. The van der Waals surface area contributed by atoms with Crippen molar-refractivity contribution in [2.45, 2.75) is 37.9 Å². The normalized spacial score (nSPS) is 21.9. The largest absolute Gasteiger partial charge is 0.382 e. The molecule has 0 radical (unpaired) electrons. The van der Waals surface area contributed by atoms with Crippen LogP contribution in [0.1, 0.15) is 24.1 Å². The number of carbonyl (C=O) groups is 2. The molecule has 2 aromatic heterocycles. The van der Waals surface area contributed by atoms with Gasteiger partial charge in [-0.1, -0.05) is 23.7 Å². The topological polar surface area (TPSA) is 106 Å². The Bertz CT molecular complexity index is 1200. The summed E-state index contributed by atoms with van der Waals surface area (Å²) in [7, 11) is 0. The standard InChI is InChI=1S/C21H20ClFN6O2/c22-14-3-1-2-11(19(14)23)9-25-21(31)17-7-12-6-16(12)28(17)18(30)8-13-4-5-15-20(24)26-10-27-29(13)15/h1-5,10,12,16-17H,6-9H2,(H,25,31)(H2,24,26,27)/t12-,16-,17+/m1/s1. The zero-order chi connectivity index (χ0) is 21.7. The van der Waals surface area contributed by atoms with E-state index in [1.165, 1.54) is 12.4 Å². The van der Waals surface area contributed by atoms with Crippen LogP contribution in [0, 0.1) is 11.7 Å². The van der Waals surface area contributed by atoms with Crippen molar-refractivity contribution in [1.82, 2.24) is 24.8 Å². The monoisotopic (exact) mass is 442 g/mol. The first kappa shape index (κ1) is 19.7. The molecule has 3 atom stereocenters. The molecule has 160 valence electrons. The van der Waals surface area contributed by atoms with E-state index in [2.05, 4.69) is 15.4 Å². The highest BCUT2D eigenvalue weighted by molar-refractivity contribution is 6.30. The molecule has 31 heavy (non-hydrogen) atoms. The SMILES string of the molecule is Nc1ncnn2c(CC(=O)N3[C@@H]4C[C@@H]4C[C@H]3C(=O)NCc3cccc(Cl)c3F)ccc12. The lowest BCUT2D eigenvalue weighted by Gasteiger charge is -2.27. The summed E-state index contributed by atoms with van der Waals surface area (Å²) in [4.78, 5) is 31.6. The van der Waals surface area contributed by atoms with E-state index in [-0.39, 0.29) is 35.8 Å². The van der Waals surface area contributed by atoms with E-state index < -0.39 is 11.9 Å². The second-order valence-electron chi connectivity index (χ2n) is 7.99. The molecule has 1 aromatic carbocycles. The summed E-state index contributed by atoms with van der Waals surface area (Å²) < 4.78 is 15.7. The van der Waals surface area contributed by atoms with Crippen LogP contribution < -0.4 is 11.1 Å². The number of carbonyl (C=O) groups excluding carboxylic acids is 2. The number of anilines is 1. The van der Waals surface area contributed by atoms with Gasteiger partial charge < -0.3 is 16.0 Å². The quantitative estimate of drug-likeness (QED) is 0.628. The van der Waals surface area contributed by atoms with E-state index in [4.69, 9.17) is 17.3 Å². The van der Waals surface area contributed by atoms with Crippen LogP contribution in [0.25, 0.3) is 5.52 Å². The van der Waals surface area contributed by atoms with Gasteiger partial charge in [0.05, 0.1) is 17.1 Å². The number of hydrogen-bond acceptors (Lipinski definition) is 5. The van der Waals surface area contributed by atoms with Crippen molar-refractivity contribution >= 4 is 34.7 Å². The fraction of sp³-hybridized carbons (Fsp3) is 0.333. The van der Waals surface area contributed by atoms with Crippen molar-refractivity contribution in [2.24, 2.45) is 5.92 Å². The number of aromatic nitrogens is 3. The molecule has 1 saturated heterocycles. The number of nitrogens with two attached hydrogens (primary N) is 1. The number of piperidine rings is 1. The number of nitrogen functional groups attached to an aromatic ring is 1. The first-order valence-corrected chi connectivity index (χ1v) is 10.4. The predicted octanol–water partition coefficient (Wildman–Crippen LogP) is 1.95. The molecule has 2 amide bonds. The van der Waals surface area contributed by atoms with Crippen LogP contribution in [0.3, 0.4) is 0 Å².